The van der Waals surface area contributed by atoms with Crippen molar-refractivity contribution >= 4 is 51.0 Å². The molecule has 0 fully saturated rings. The Kier molecular flexibility index (Phi) is 5.82. The average Bonchev–Trinajstić information content (AvgIpc) is 3.53. The molecule has 240 valence electrons. The molecule has 8 aromatic carbocycles. The second kappa shape index (κ2) is 10.3. The van der Waals surface area contributed by atoms with E-state index in [1.165, 1.54) is 88.0 Å². The fourth-order valence-corrected chi connectivity index (χ4v) is 13.5. The Hall–Kier alpha value is -5.96. The largest absolute Gasteiger partial charge is 0.309 e. The van der Waals surface area contributed by atoms with Crippen LogP contribution in [0.15, 0.2) is 176 Å². The van der Waals surface area contributed by atoms with Gasteiger partial charge >= 0.3 is 0 Å². The average molecular weight is 666 g/mol. The van der Waals surface area contributed by atoms with E-state index in [0.29, 0.717) is 0 Å². The lowest BCUT2D eigenvalue weighted by molar-refractivity contribution is 0.732. The SMILES string of the molecule is C[Si]1(C)c2ccccc2C2(c3ccccc3-n3c4ccccc4c4cccc2c43)c2cccc(-c3ccc(-c4ccc5ccccc5c4)cc3)c21. The number of rotatable bonds is 2. The van der Waals surface area contributed by atoms with Crippen LogP contribution in [0.1, 0.15) is 22.3 Å². The normalized spacial score (nSPS) is 16.7. The standard InChI is InChI=1S/C49H35NSi/c1-51(2)46-24-10-7-19-41(46)49(40-18-6-9-23-45(40)50-44-22-8-5-15-38(44)39-17-12-20-42(49)47(39)50)43-21-11-16-37(48(43)51)34-28-25-33(26-29-34)36-30-27-32-13-3-4-14-35(32)31-36/h3-31H,1-2H3. The lowest BCUT2D eigenvalue weighted by Gasteiger charge is -2.50. The lowest BCUT2D eigenvalue weighted by Crippen LogP contribution is -2.64. The molecule has 0 aliphatic carbocycles. The Bertz CT molecular complexity index is 2890. The maximum atomic E-state index is 2.57. The van der Waals surface area contributed by atoms with Gasteiger partial charge in [-0.05, 0) is 83.9 Å². The summed E-state index contributed by atoms with van der Waals surface area (Å²) in [7, 11) is -2.21. The second-order valence-electron chi connectivity index (χ2n) is 14.9. The van der Waals surface area contributed by atoms with Crippen LogP contribution in [0.4, 0.5) is 0 Å². The number of fused-ring (bicyclic) bond motifs is 12. The van der Waals surface area contributed by atoms with E-state index >= 15 is 0 Å². The Morgan fingerprint density at radius 2 is 1.08 bits per heavy atom. The van der Waals surface area contributed by atoms with Gasteiger partial charge in [0.05, 0.1) is 22.1 Å². The summed E-state index contributed by atoms with van der Waals surface area (Å²) in [5.41, 5.74) is 14.1. The van der Waals surface area contributed by atoms with Crippen molar-refractivity contribution in [3.05, 3.63) is 198 Å². The minimum Gasteiger partial charge on any atom is -0.309 e. The molecular formula is C49H35NSi. The third-order valence-corrected chi connectivity index (χ3v) is 15.6. The first-order valence-electron chi connectivity index (χ1n) is 18.0. The molecular weight excluding hydrogens is 631 g/mol. The monoisotopic (exact) mass is 665 g/mol. The third-order valence-electron chi connectivity index (χ3n) is 12.0. The van der Waals surface area contributed by atoms with Gasteiger partial charge in [-0.3, -0.25) is 0 Å². The molecule has 2 aliphatic rings. The number of para-hydroxylation sites is 3. The van der Waals surface area contributed by atoms with Crippen molar-refractivity contribution < 1.29 is 0 Å². The van der Waals surface area contributed by atoms with Crippen molar-refractivity contribution in [1.29, 1.82) is 0 Å². The molecule has 0 radical (unpaired) electrons. The van der Waals surface area contributed by atoms with Gasteiger partial charge in [0.1, 0.15) is 8.07 Å². The summed E-state index contributed by atoms with van der Waals surface area (Å²) in [5.74, 6) is 0. The first-order valence-corrected chi connectivity index (χ1v) is 21.0. The minimum atomic E-state index is -2.21. The maximum Gasteiger partial charge on any atom is 0.113 e. The van der Waals surface area contributed by atoms with Crippen LogP contribution in [0.25, 0.3) is 60.5 Å². The van der Waals surface area contributed by atoms with Crippen LogP contribution in [-0.4, -0.2) is 12.6 Å². The van der Waals surface area contributed by atoms with Crippen LogP contribution in [0.2, 0.25) is 13.1 Å². The van der Waals surface area contributed by atoms with E-state index in [4.69, 9.17) is 0 Å². The first-order chi connectivity index (χ1) is 25.1. The van der Waals surface area contributed by atoms with Crippen LogP contribution in [0, 0.1) is 0 Å². The van der Waals surface area contributed by atoms with E-state index in [-0.39, 0.29) is 0 Å². The summed E-state index contributed by atoms with van der Waals surface area (Å²) in [6, 6.07) is 66.5. The Morgan fingerprint density at radius 3 is 1.96 bits per heavy atom. The van der Waals surface area contributed by atoms with E-state index in [9.17, 15) is 0 Å². The number of hydrogen-bond acceptors (Lipinski definition) is 0. The summed E-state index contributed by atoms with van der Waals surface area (Å²) < 4.78 is 2.54. The lowest BCUT2D eigenvalue weighted by atomic mass is 9.62. The van der Waals surface area contributed by atoms with Gasteiger partial charge in [-0.1, -0.05) is 171 Å². The van der Waals surface area contributed by atoms with Gasteiger partial charge in [-0.2, -0.15) is 0 Å². The van der Waals surface area contributed by atoms with E-state index in [1.54, 1.807) is 5.19 Å². The molecule has 1 nitrogen and oxygen atoms in total. The third kappa shape index (κ3) is 3.70. The summed E-state index contributed by atoms with van der Waals surface area (Å²) in [6.45, 7) is 5.13. The van der Waals surface area contributed by atoms with Crippen LogP contribution in [-0.2, 0) is 5.41 Å². The smallest absolute Gasteiger partial charge is 0.113 e. The highest BCUT2D eigenvalue weighted by atomic mass is 28.3. The molecule has 0 amide bonds. The summed E-state index contributed by atoms with van der Waals surface area (Å²) in [5, 5.41) is 8.23. The quantitative estimate of drug-likeness (QED) is 0.162. The zero-order valence-electron chi connectivity index (χ0n) is 28.7. The molecule has 0 N–H and O–H groups in total. The minimum absolute atomic E-state index is 0.462. The number of nitrogens with zero attached hydrogens (tertiary/aromatic N) is 1. The summed E-state index contributed by atoms with van der Waals surface area (Å²) in [4.78, 5) is 0. The zero-order chi connectivity index (χ0) is 33.9. The Morgan fingerprint density at radius 1 is 0.451 bits per heavy atom. The second-order valence-corrected chi connectivity index (χ2v) is 19.1. The van der Waals surface area contributed by atoms with Gasteiger partial charge in [0.25, 0.3) is 0 Å². The van der Waals surface area contributed by atoms with Crippen LogP contribution < -0.4 is 10.4 Å². The van der Waals surface area contributed by atoms with Gasteiger partial charge in [-0.15, -0.1) is 0 Å². The highest BCUT2D eigenvalue weighted by Crippen LogP contribution is 2.55. The summed E-state index contributed by atoms with van der Waals surface area (Å²) >= 11 is 0. The topological polar surface area (TPSA) is 4.93 Å². The molecule has 2 aliphatic heterocycles. The van der Waals surface area contributed by atoms with Gasteiger partial charge < -0.3 is 4.57 Å². The van der Waals surface area contributed by atoms with E-state index in [2.05, 4.69) is 194 Å². The van der Waals surface area contributed by atoms with Gasteiger partial charge in [0.15, 0.2) is 0 Å². The van der Waals surface area contributed by atoms with E-state index in [1.807, 2.05) is 0 Å². The highest BCUT2D eigenvalue weighted by Gasteiger charge is 2.53. The van der Waals surface area contributed by atoms with E-state index in [0.717, 1.165) is 0 Å². The fraction of sp³-hybridized carbons (Fsp3) is 0.0612. The molecule has 51 heavy (non-hydrogen) atoms. The van der Waals surface area contributed by atoms with Gasteiger partial charge in [0.2, 0.25) is 0 Å². The van der Waals surface area contributed by atoms with Crippen molar-refractivity contribution in [2.24, 2.45) is 0 Å². The van der Waals surface area contributed by atoms with Gasteiger partial charge in [0, 0.05) is 10.8 Å². The molecule has 9 aromatic rings. The van der Waals surface area contributed by atoms with Gasteiger partial charge in [-0.25, -0.2) is 0 Å². The number of aromatic nitrogens is 1. The first kappa shape index (κ1) is 28.8. The molecule has 2 heteroatoms. The molecule has 1 atom stereocenters. The molecule has 0 saturated carbocycles. The molecule has 3 heterocycles. The Labute approximate surface area is 299 Å². The molecule has 1 unspecified atom stereocenters. The number of hydrogen-bond donors (Lipinski definition) is 0. The maximum absolute atomic E-state index is 2.57. The van der Waals surface area contributed by atoms with E-state index < -0.39 is 13.5 Å². The number of benzene rings is 8. The van der Waals surface area contributed by atoms with Crippen molar-refractivity contribution in [3.63, 3.8) is 0 Å². The Balaban J connectivity index is 1.21. The highest BCUT2D eigenvalue weighted by molar-refractivity contribution is 7.02. The van der Waals surface area contributed by atoms with Crippen molar-refractivity contribution in [2.75, 3.05) is 0 Å². The van der Waals surface area contributed by atoms with Crippen molar-refractivity contribution in [3.8, 4) is 27.9 Å². The predicted octanol–water partition coefficient (Wildman–Crippen LogP) is 11.1. The van der Waals surface area contributed by atoms with Crippen LogP contribution in [0.3, 0.4) is 0 Å². The molecule has 11 rings (SSSR count). The molecule has 1 aromatic heterocycles. The zero-order valence-corrected chi connectivity index (χ0v) is 29.7. The molecule has 1 spiro atoms. The summed E-state index contributed by atoms with van der Waals surface area (Å²) in [6.07, 6.45) is 0. The van der Waals surface area contributed by atoms with Crippen LogP contribution >= 0.6 is 0 Å². The fourth-order valence-electron chi connectivity index (χ4n) is 9.91. The molecule has 0 saturated heterocycles. The van der Waals surface area contributed by atoms with Crippen molar-refractivity contribution in [1.82, 2.24) is 4.57 Å². The predicted molar refractivity (Wildman–Crippen MR) is 218 cm³/mol. The molecule has 0 bridgehead atoms. The van der Waals surface area contributed by atoms with Crippen LogP contribution in [0.5, 0.6) is 0 Å². The van der Waals surface area contributed by atoms with Crippen molar-refractivity contribution in [2.45, 2.75) is 18.5 Å².